The quantitative estimate of drug-likeness (QED) is 0.560. The summed E-state index contributed by atoms with van der Waals surface area (Å²) in [6.07, 6.45) is 0. The molecule has 1 rings (SSSR count). The molecule has 0 saturated carbocycles. The normalized spacial score (nSPS) is 8.85. The van der Waals surface area contributed by atoms with Crippen LogP contribution in [-0.4, -0.2) is 12.0 Å². The Balaban J connectivity index is 0.000000671. The van der Waals surface area contributed by atoms with Gasteiger partial charge in [-0.2, -0.15) is 0 Å². The largest absolute Gasteiger partial charge is 0.379 e. The van der Waals surface area contributed by atoms with Crippen LogP contribution in [-0.2, 0) is 11.3 Å². The second-order valence-electron chi connectivity index (χ2n) is 1.93. The van der Waals surface area contributed by atoms with E-state index in [1.165, 1.54) is 6.07 Å². The van der Waals surface area contributed by atoms with Crippen LogP contribution in [0.15, 0.2) is 12.1 Å². The molecule has 0 aliphatic rings. The maximum Gasteiger partial charge on any atom is 0.324 e. The van der Waals surface area contributed by atoms with Crippen molar-refractivity contribution in [2.24, 2.45) is 0 Å². The van der Waals surface area contributed by atoms with Crippen molar-refractivity contribution in [1.82, 2.24) is 0 Å². The minimum Gasteiger partial charge on any atom is -0.379 e. The van der Waals surface area contributed by atoms with Gasteiger partial charge in [0.2, 0.25) is 0 Å². The first-order valence-corrected chi connectivity index (χ1v) is 4.77. The summed E-state index contributed by atoms with van der Waals surface area (Å²) in [7, 11) is 1.56. The van der Waals surface area contributed by atoms with Crippen LogP contribution >= 0.6 is 11.3 Å². The van der Waals surface area contributed by atoms with Crippen molar-refractivity contribution < 1.29 is 9.66 Å². The lowest BCUT2D eigenvalue weighted by Crippen LogP contribution is -1.81. The summed E-state index contributed by atoms with van der Waals surface area (Å²) >= 11 is 1.14. The molecule has 0 aliphatic carbocycles. The van der Waals surface area contributed by atoms with Crippen molar-refractivity contribution in [1.29, 1.82) is 0 Å². The molecule has 0 spiro atoms. The van der Waals surface area contributed by atoms with Crippen molar-refractivity contribution in [3.8, 4) is 0 Å². The Bertz CT molecular complexity index is 260. The van der Waals surface area contributed by atoms with Gasteiger partial charge in [0.05, 0.1) is 11.5 Å². The molecule has 0 saturated heterocycles. The molecule has 74 valence electrons. The van der Waals surface area contributed by atoms with Gasteiger partial charge in [0, 0.05) is 18.1 Å². The fraction of sp³-hybridized carbons (Fsp3) is 0.500. The van der Waals surface area contributed by atoms with Gasteiger partial charge in [-0.3, -0.25) is 10.1 Å². The van der Waals surface area contributed by atoms with E-state index in [2.05, 4.69) is 0 Å². The molecule has 0 fully saturated rings. The maximum absolute atomic E-state index is 10.2. The highest BCUT2D eigenvalue weighted by Gasteiger charge is 2.08. The summed E-state index contributed by atoms with van der Waals surface area (Å²) in [6, 6.07) is 3.19. The number of nitro groups is 1. The van der Waals surface area contributed by atoms with Crippen LogP contribution < -0.4 is 0 Å². The summed E-state index contributed by atoms with van der Waals surface area (Å²) in [6.45, 7) is 4.44. The summed E-state index contributed by atoms with van der Waals surface area (Å²) in [5, 5.41) is 10.4. The SMILES string of the molecule is CC.COCc1ccc([N+](=O)[O-])s1. The van der Waals surface area contributed by atoms with E-state index < -0.39 is 4.92 Å². The predicted octanol–water partition coefficient (Wildman–Crippen LogP) is 2.83. The predicted molar refractivity (Wildman–Crippen MR) is 53.0 cm³/mol. The Kier molecular flexibility index (Phi) is 6.09. The molecule has 0 atom stereocenters. The van der Waals surface area contributed by atoms with Crippen LogP contribution in [0.1, 0.15) is 18.7 Å². The molecule has 1 heterocycles. The Hall–Kier alpha value is -0.940. The number of methoxy groups -OCH3 is 1. The van der Waals surface area contributed by atoms with E-state index in [1.807, 2.05) is 13.8 Å². The number of thiophene rings is 1. The van der Waals surface area contributed by atoms with Gasteiger partial charge in [0.15, 0.2) is 0 Å². The highest BCUT2D eigenvalue weighted by atomic mass is 32.1. The van der Waals surface area contributed by atoms with E-state index in [-0.39, 0.29) is 5.00 Å². The Morgan fingerprint density at radius 1 is 1.54 bits per heavy atom. The van der Waals surface area contributed by atoms with Gasteiger partial charge >= 0.3 is 5.00 Å². The number of hydrogen-bond donors (Lipinski definition) is 0. The topological polar surface area (TPSA) is 52.4 Å². The van der Waals surface area contributed by atoms with Crippen molar-refractivity contribution in [2.45, 2.75) is 20.5 Å². The number of ether oxygens (including phenoxy) is 1. The number of nitrogens with zero attached hydrogens (tertiary/aromatic N) is 1. The minimum atomic E-state index is -0.399. The second-order valence-corrected chi connectivity index (χ2v) is 3.08. The van der Waals surface area contributed by atoms with Crippen LogP contribution in [0.5, 0.6) is 0 Å². The van der Waals surface area contributed by atoms with Gasteiger partial charge in [-0.15, -0.1) is 0 Å². The lowest BCUT2D eigenvalue weighted by molar-refractivity contribution is -0.380. The highest BCUT2D eigenvalue weighted by Crippen LogP contribution is 2.23. The molecule has 0 unspecified atom stereocenters. The van der Waals surface area contributed by atoms with Gasteiger partial charge in [-0.1, -0.05) is 25.2 Å². The number of hydrogen-bond acceptors (Lipinski definition) is 4. The van der Waals surface area contributed by atoms with Crippen molar-refractivity contribution in [3.63, 3.8) is 0 Å². The standard InChI is InChI=1S/C6H7NO3S.C2H6/c1-10-4-5-2-3-6(11-5)7(8)9;1-2/h2-3H,4H2,1H3;1-2H3. The second kappa shape index (κ2) is 6.56. The van der Waals surface area contributed by atoms with Crippen LogP contribution in [0.4, 0.5) is 5.00 Å². The first-order valence-electron chi connectivity index (χ1n) is 3.96. The van der Waals surface area contributed by atoms with Gasteiger partial charge in [0.25, 0.3) is 0 Å². The zero-order valence-corrected chi connectivity index (χ0v) is 8.76. The first kappa shape index (κ1) is 12.1. The Morgan fingerprint density at radius 2 is 2.15 bits per heavy atom. The van der Waals surface area contributed by atoms with Crippen LogP contribution in [0, 0.1) is 10.1 Å². The van der Waals surface area contributed by atoms with E-state index in [4.69, 9.17) is 4.74 Å². The third-order valence-corrected chi connectivity index (χ3v) is 2.12. The lowest BCUT2D eigenvalue weighted by Gasteiger charge is -1.89. The molecule has 0 aromatic carbocycles. The van der Waals surface area contributed by atoms with Gasteiger partial charge in [-0.25, -0.2) is 0 Å². The average Bonchev–Trinajstić information content (AvgIpc) is 2.57. The van der Waals surface area contributed by atoms with E-state index >= 15 is 0 Å². The molecular weight excluding hydrogens is 190 g/mol. The third-order valence-electron chi connectivity index (χ3n) is 1.11. The Labute approximate surface area is 81.3 Å². The molecule has 13 heavy (non-hydrogen) atoms. The smallest absolute Gasteiger partial charge is 0.324 e. The fourth-order valence-corrected chi connectivity index (χ4v) is 1.48. The molecule has 0 amide bonds. The number of rotatable bonds is 3. The molecule has 1 aromatic rings. The summed E-state index contributed by atoms with van der Waals surface area (Å²) in [5.74, 6) is 0. The van der Waals surface area contributed by atoms with Crippen molar-refractivity contribution in [2.75, 3.05) is 7.11 Å². The monoisotopic (exact) mass is 203 g/mol. The van der Waals surface area contributed by atoms with Gasteiger partial charge in [-0.05, 0) is 6.07 Å². The first-order chi connectivity index (χ1) is 6.24. The molecule has 0 bridgehead atoms. The average molecular weight is 203 g/mol. The van der Waals surface area contributed by atoms with Crippen molar-refractivity contribution in [3.05, 3.63) is 27.1 Å². The molecule has 1 aromatic heterocycles. The maximum atomic E-state index is 10.2. The molecular formula is C8H13NO3S. The molecule has 5 heteroatoms. The van der Waals surface area contributed by atoms with Gasteiger partial charge < -0.3 is 4.74 Å². The lowest BCUT2D eigenvalue weighted by atomic mass is 10.5. The van der Waals surface area contributed by atoms with Gasteiger partial charge in [0.1, 0.15) is 0 Å². The van der Waals surface area contributed by atoms with Crippen LogP contribution in [0.2, 0.25) is 0 Å². The van der Waals surface area contributed by atoms with E-state index in [1.54, 1.807) is 13.2 Å². The Morgan fingerprint density at radius 3 is 2.54 bits per heavy atom. The van der Waals surface area contributed by atoms with E-state index in [0.717, 1.165) is 16.2 Å². The van der Waals surface area contributed by atoms with Crippen LogP contribution in [0.25, 0.3) is 0 Å². The zero-order chi connectivity index (χ0) is 10.3. The zero-order valence-electron chi connectivity index (χ0n) is 7.94. The highest BCUT2D eigenvalue weighted by molar-refractivity contribution is 7.15. The summed E-state index contributed by atoms with van der Waals surface area (Å²) < 4.78 is 4.81. The summed E-state index contributed by atoms with van der Waals surface area (Å²) in [5.41, 5.74) is 0. The minimum absolute atomic E-state index is 0.164. The van der Waals surface area contributed by atoms with Crippen LogP contribution in [0.3, 0.4) is 0 Å². The molecule has 0 aliphatic heterocycles. The fourth-order valence-electron chi connectivity index (χ4n) is 0.685. The van der Waals surface area contributed by atoms with E-state index in [9.17, 15) is 10.1 Å². The molecule has 0 N–H and O–H groups in total. The molecule has 0 radical (unpaired) electrons. The molecule has 4 nitrogen and oxygen atoms in total. The van der Waals surface area contributed by atoms with E-state index in [0.29, 0.717) is 6.61 Å². The summed E-state index contributed by atoms with van der Waals surface area (Å²) in [4.78, 5) is 10.7. The van der Waals surface area contributed by atoms with Crippen molar-refractivity contribution >= 4 is 16.3 Å². The third kappa shape index (κ3) is 4.00.